The minimum Gasteiger partial charge on any atom is -0.497 e. The van der Waals surface area contributed by atoms with Crippen LogP contribution in [0.25, 0.3) is 0 Å². The molecule has 1 amide bonds. The predicted molar refractivity (Wildman–Crippen MR) is 112 cm³/mol. The van der Waals surface area contributed by atoms with Crippen molar-refractivity contribution in [2.24, 2.45) is 5.16 Å². The van der Waals surface area contributed by atoms with Crippen molar-refractivity contribution in [1.29, 1.82) is 0 Å². The smallest absolute Gasteiger partial charge is 0.263 e. The molecule has 2 aromatic carbocycles. The first-order chi connectivity index (χ1) is 14.6. The summed E-state index contributed by atoms with van der Waals surface area (Å²) < 4.78 is 21.2. The second-order valence-electron chi connectivity index (χ2n) is 6.66. The molecule has 0 atom stereocenters. The Balaban J connectivity index is 1.59. The van der Waals surface area contributed by atoms with Crippen LogP contribution in [-0.2, 0) is 22.6 Å². The lowest BCUT2D eigenvalue weighted by Gasteiger charge is -2.29. The van der Waals surface area contributed by atoms with E-state index < -0.39 is 0 Å². The van der Waals surface area contributed by atoms with Crippen LogP contribution in [0.2, 0.25) is 0 Å². The third kappa shape index (κ3) is 4.76. The topological polar surface area (TPSA) is 78.8 Å². The Morgan fingerprint density at radius 3 is 2.33 bits per heavy atom. The Labute approximate surface area is 175 Å². The van der Waals surface area contributed by atoms with Crippen molar-refractivity contribution in [3.8, 4) is 23.0 Å². The van der Waals surface area contributed by atoms with Gasteiger partial charge in [0.2, 0.25) is 0 Å². The molecule has 0 bridgehead atoms. The van der Waals surface area contributed by atoms with Crippen molar-refractivity contribution in [2.45, 2.75) is 13.0 Å². The summed E-state index contributed by atoms with van der Waals surface area (Å²) in [5.41, 5.74) is 2.88. The summed E-state index contributed by atoms with van der Waals surface area (Å²) in [5, 5.41) is 3.91. The van der Waals surface area contributed by atoms with Crippen LogP contribution in [0.4, 0.5) is 0 Å². The molecule has 0 spiro atoms. The molecule has 1 heterocycles. The fourth-order valence-corrected chi connectivity index (χ4v) is 3.31. The molecule has 30 heavy (non-hydrogen) atoms. The zero-order valence-electron chi connectivity index (χ0n) is 17.6. The monoisotopic (exact) mass is 414 g/mol. The number of carbonyl (C=O) groups is 1. The van der Waals surface area contributed by atoms with E-state index in [2.05, 4.69) is 5.16 Å². The fourth-order valence-electron chi connectivity index (χ4n) is 3.31. The fraction of sp³-hybridized carbons (Fsp3) is 0.364. The van der Waals surface area contributed by atoms with Crippen molar-refractivity contribution in [2.75, 3.05) is 41.6 Å². The minimum atomic E-state index is -0.147. The number of carbonyl (C=O) groups excluding carboxylic acids is 1. The zero-order valence-corrected chi connectivity index (χ0v) is 17.6. The number of nitrogens with zero attached hydrogens (tertiary/aromatic N) is 2. The van der Waals surface area contributed by atoms with Gasteiger partial charge in [0.05, 0.1) is 34.7 Å². The molecule has 8 heteroatoms. The zero-order chi connectivity index (χ0) is 21.5. The van der Waals surface area contributed by atoms with Gasteiger partial charge in [0.25, 0.3) is 5.91 Å². The number of fused-ring (bicyclic) bond motifs is 1. The molecule has 1 aliphatic heterocycles. The van der Waals surface area contributed by atoms with Gasteiger partial charge in [-0.15, -0.1) is 0 Å². The van der Waals surface area contributed by atoms with Gasteiger partial charge in [-0.05, 0) is 47.9 Å². The molecule has 0 aliphatic carbocycles. The van der Waals surface area contributed by atoms with Crippen molar-refractivity contribution in [3.63, 3.8) is 0 Å². The summed E-state index contributed by atoms with van der Waals surface area (Å²) in [7, 11) is 6.36. The Morgan fingerprint density at radius 1 is 0.967 bits per heavy atom. The first-order valence-electron chi connectivity index (χ1n) is 9.48. The highest BCUT2D eigenvalue weighted by Crippen LogP contribution is 2.33. The Bertz CT molecular complexity index is 928. The number of ether oxygens (including phenoxy) is 4. The SMILES string of the molecule is COc1ccc(OC)c(/C=N/OCC(=O)N2CCc3cc(OC)c(OC)cc3C2)c1. The molecule has 3 rings (SSSR count). The second-order valence-corrected chi connectivity index (χ2v) is 6.66. The third-order valence-corrected chi connectivity index (χ3v) is 4.96. The largest absolute Gasteiger partial charge is 0.497 e. The van der Waals surface area contributed by atoms with Crippen molar-refractivity contribution < 1.29 is 28.6 Å². The van der Waals surface area contributed by atoms with E-state index in [1.807, 2.05) is 12.1 Å². The molecule has 8 nitrogen and oxygen atoms in total. The Kier molecular flexibility index (Phi) is 7.00. The maximum atomic E-state index is 12.5. The van der Waals surface area contributed by atoms with Gasteiger partial charge >= 0.3 is 0 Å². The average Bonchev–Trinajstić information content (AvgIpc) is 2.79. The molecule has 0 radical (unpaired) electrons. The van der Waals surface area contributed by atoms with Gasteiger partial charge < -0.3 is 28.7 Å². The predicted octanol–water partition coefficient (Wildman–Crippen LogP) is 2.66. The number of benzene rings is 2. The van der Waals surface area contributed by atoms with Gasteiger partial charge in [0.1, 0.15) is 11.5 Å². The first-order valence-corrected chi connectivity index (χ1v) is 9.48. The maximum Gasteiger partial charge on any atom is 0.263 e. The van der Waals surface area contributed by atoms with Crippen LogP contribution in [0.5, 0.6) is 23.0 Å². The Morgan fingerprint density at radius 2 is 1.67 bits per heavy atom. The number of hydrogen-bond acceptors (Lipinski definition) is 7. The molecule has 0 aromatic heterocycles. The summed E-state index contributed by atoms with van der Waals surface area (Å²) in [5.74, 6) is 2.52. The van der Waals surface area contributed by atoms with Gasteiger partial charge in [0, 0.05) is 18.7 Å². The van der Waals surface area contributed by atoms with E-state index in [0.717, 1.165) is 17.5 Å². The number of oxime groups is 1. The van der Waals surface area contributed by atoms with Crippen molar-refractivity contribution in [3.05, 3.63) is 47.0 Å². The van der Waals surface area contributed by atoms with Crippen molar-refractivity contribution in [1.82, 2.24) is 4.90 Å². The molecule has 0 unspecified atom stereocenters. The van der Waals surface area contributed by atoms with Crippen LogP contribution in [0.3, 0.4) is 0 Å². The van der Waals surface area contributed by atoms with E-state index in [9.17, 15) is 4.79 Å². The van der Waals surface area contributed by atoms with Gasteiger partial charge in [0.15, 0.2) is 18.1 Å². The van der Waals surface area contributed by atoms with Gasteiger partial charge in [-0.2, -0.15) is 0 Å². The third-order valence-electron chi connectivity index (χ3n) is 4.96. The van der Waals surface area contributed by atoms with E-state index in [4.69, 9.17) is 23.8 Å². The number of rotatable bonds is 8. The molecular weight excluding hydrogens is 388 g/mol. The molecule has 0 fully saturated rings. The minimum absolute atomic E-state index is 0.134. The van der Waals surface area contributed by atoms with E-state index in [1.165, 1.54) is 6.21 Å². The highest BCUT2D eigenvalue weighted by Gasteiger charge is 2.23. The van der Waals surface area contributed by atoms with Gasteiger partial charge in [-0.25, -0.2) is 0 Å². The highest BCUT2D eigenvalue weighted by atomic mass is 16.6. The molecule has 1 aliphatic rings. The Hall–Kier alpha value is -3.42. The first kappa shape index (κ1) is 21.3. The molecule has 160 valence electrons. The van der Waals surface area contributed by atoms with Crippen molar-refractivity contribution >= 4 is 12.1 Å². The maximum absolute atomic E-state index is 12.5. The lowest BCUT2D eigenvalue weighted by molar-refractivity contribution is -0.137. The quantitative estimate of drug-likeness (QED) is 0.488. The van der Waals surface area contributed by atoms with Crippen LogP contribution in [-0.4, -0.2) is 58.6 Å². The molecular formula is C22H26N2O6. The standard InChI is InChI=1S/C22H26N2O6/c1-26-18-5-6-19(27-2)16(9-18)12-23-30-14-22(25)24-8-7-15-10-20(28-3)21(29-4)11-17(15)13-24/h5-6,9-12H,7-8,13-14H2,1-4H3/b23-12+. The van der Waals surface area contributed by atoms with E-state index in [1.54, 1.807) is 51.5 Å². The highest BCUT2D eigenvalue weighted by molar-refractivity contribution is 5.84. The lowest BCUT2D eigenvalue weighted by Crippen LogP contribution is -2.38. The van der Waals surface area contributed by atoms with Crippen LogP contribution in [0, 0.1) is 0 Å². The van der Waals surface area contributed by atoms with Crippen LogP contribution in [0.15, 0.2) is 35.5 Å². The van der Waals surface area contributed by atoms with Crippen LogP contribution in [0.1, 0.15) is 16.7 Å². The molecule has 0 saturated heterocycles. The number of methoxy groups -OCH3 is 4. The molecule has 0 saturated carbocycles. The normalized spacial score (nSPS) is 13.0. The van der Waals surface area contributed by atoms with E-state index in [-0.39, 0.29) is 12.5 Å². The lowest BCUT2D eigenvalue weighted by atomic mass is 9.99. The summed E-state index contributed by atoms with van der Waals surface area (Å²) in [4.78, 5) is 19.5. The summed E-state index contributed by atoms with van der Waals surface area (Å²) in [6.07, 6.45) is 2.24. The molecule has 0 N–H and O–H groups in total. The average molecular weight is 414 g/mol. The summed E-state index contributed by atoms with van der Waals surface area (Å²) in [6, 6.07) is 9.23. The van der Waals surface area contributed by atoms with Crippen LogP contribution >= 0.6 is 0 Å². The van der Waals surface area contributed by atoms with E-state index in [0.29, 0.717) is 41.7 Å². The summed E-state index contributed by atoms with van der Waals surface area (Å²) in [6.45, 7) is 0.953. The second kappa shape index (κ2) is 9.87. The van der Waals surface area contributed by atoms with Crippen LogP contribution < -0.4 is 18.9 Å². The van der Waals surface area contributed by atoms with Gasteiger partial charge in [-0.1, -0.05) is 5.16 Å². The van der Waals surface area contributed by atoms with E-state index >= 15 is 0 Å². The summed E-state index contributed by atoms with van der Waals surface area (Å²) >= 11 is 0. The van der Waals surface area contributed by atoms with Gasteiger partial charge in [-0.3, -0.25) is 4.79 Å². The molecule has 2 aromatic rings. The number of amides is 1. The number of hydrogen-bond donors (Lipinski definition) is 0.